The lowest BCUT2D eigenvalue weighted by Gasteiger charge is -2.16. The van der Waals surface area contributed by atoms with Crippen molar-refractivity contribution < 1.29 is 32.3 Å². The smallest absolute Gasteiger partial charge is 0.328 e. The second-order valence-corrected chi connectivity index (χ2v) is 10.3. The number of anilines is 1. The summed E-state index contributed by atoms with van der Waals surface area (Å²) < 4.78 is 39.1. The van der Waals surface area contributed by atoms with E-state index in [0.29, 0.717) is 37.3 Å². The van der Waals surface area contributed by atoms with Gasteiger partial charge in [-0.05, 0) is 74.3 Å². The molecule has 1 atom stereocenters. The number of nitrogens with one attached hydrogen (secondary N) is 3. The Morgan fingerprint density at radius 1 is 0.900 bits per heavy atom. The Bertz CT molecular complexity index is 1400. The first kappa shape index (κ1) is 30.1. The van der Waals surface area contributed by atoms with Crippen molar-refractivity contribution in [2.45, 2.75) is 30.2 Å². The van der Waals surface area contributed by atoms with Gasteiger partial charge in [0.1, 0.15) is 11.8 Å². The van der Waals surface area contributed by atoms with Gasteiger partial charge in [0.15, 0.2) is 5.75 Å². The van der Waals surface area contributed by atoms with Crippen LogP contribution in [-0.4, -0.2) is 52.4 Å². The minimum absolute atomic E-state index is 0.0743. The second kappa shape index (κ2) is 14.7. The minimum Gasteiger partial charge on any atom is -0.467 e. The number of sulfonamides is 1. The molecule has 11 nitrogen and oxygen atoms in total. The molecule has 0 aliphatic heterocycles. The van der Waals surface area contributed by atoms with Crippen molar-refractivity contribution in [1.82, 2.24) is 10.6 Å². The standard InChI is InChI=1S/C28H32N4O7S/c1-38-28(35)24(12-7-8-18-29)31-26(33)19-30-27(34)20-14-16-22(17-15-20)40(36,37)32-23-11-5-6-13-25(23)39-21-9-3-2-4-10-21/h2-6,9-11,13-17,24,32H,7-8,12,18-19,29H2,1H3,(H,30,34)(H,31,33)/t24-/m0/s1. The molecule has 3 aromatic carbocycles. The Labute approximate surface area is 233 Å². The fraction of sp³-hybridized carbons (Fsp3) is 0.250. The second-order valence-electron chi connectivity index (χ2n) is 8.65. The molecular formula is C28H32N4O7S. The molecular weight excluding hydrogens is 536 g/mol. The van der Waals surface area contributed by atoms with Crippen molar-refractivity contribution in [3.8, 4) is 11.5 Å². The number of esters is 1. The number of methoxy groups -OCH3 is 1. The third kappa shape index (κ3) is 8.82. The summed E-state index contributed by atoms with van der Waals surface area (Å²) in [4.78, 5) is 36.7. The summed E-state index contributed by atoms with van der Waals surface area (Å²) in [5.41, 5.74) is 5.86. The molecule has 0 spiro atoms. The van der Waals surface area contributed by atoms with Crippen LogP contribution in [0.4, 0.5) is 5.69 Å². The van der Waals surface area contributed by atoms with E-state index in [1.807, 2.05) is 6.07 Å². The molecule has 40 heavy (non-hydrogen) atoms. The number of benzene rings is 3. The van der Waals surface area contributed by atoms with Crippen LogP contribution in [0, 0.1) is 0 Å². The van der Waals surface area contributed by atoms with Gasteiger partial charge in [-0.1, -0.05) is 30.3 Å². The molecule has 0 saturated heterocycles. The maximum atomic E-state index is 13.0. The van der Waals surface area contributed by atoms with E-state index in [0.717, 1.165) is 0 Å². The topological polar surface area (TPSA) is 166 Å². The van der Waals surface area contributed by atoms with Crippen LogP contribution < -0.4 is 25.8 Å². The molecule has 0 heterocycles. The predicted molar refractivity (Wildman–Crippen MR) is 149 cm³/mol. The Hall–Kier alpha value is -4.42. The molecule has 3 aromatic rings. The average Bonchev–Trinajstić information content (AvgIpc) is 2.96. The Morgan fingerprint density at radius 2 is 1.57 bits per heavy atom. The highest BCUT2D eigenvalue weighted by atomic mass is 32.2. The summed E-state index contributed by atoms with van der Waals surface area (Å²) in [7, 11) is -2.78. The van der Waals surface area contributed by atoms with E-state index in [2.05, 4.69) is 15.4 Å². The summed E-state index contributed by atoms with van der Waals surface area (Å²) in [6.07, 6.45) is 1.67. The largest absolute Gasteiger partial charge is 0.467 e. The molecule has 0 fully saturated rings. The number of hydrogen-bond acceptors (Lipinski definition) is 8. The molecule has 0 saturated carbocycles. The van der Waals surface area contributed by atoms with Gasteiger partial charge in [-0.15, -0.1) is 0 Å². The lowest BCUT2D eigenvalue weighted by molar-refractivity contribution is -0.145. The highest BCUT2D eigenvalue weighted by Gasteiger charge is 2.22. The van der Waals surface area contributed by atoms with E-state index >= 15 is 0 Å². The lowest BCUT2D eigenvalue weighted by atomic mass is 10.1. The predicted octanol–water partition coefficient (Wildman–Crippen LogP) is 2.80. The number of nitrogens with two attached hydrogens (primary N) is 1. The molecule has 0 unspecified atom stereocenters. The molecule has 3 rings (SSSR count). The Kier molecular flexibility index (Phi) is 11.0. The number of carbonyl (C=O) groups is 3. The number of ether oxygens (including phenoxy) is 2. The highest BCUT2D eigenvalue weighted by Crippen LogP contribution is 2.30. The van der Waals surface area contributed by atoms with Crippen LogP contribution in [0.3, 0.4) is 0 Å². The number of unbranched alkanes of at least 4 members (excludes halogenated alkanes) is 1. The Morgan fingerprint density at radius 3 is 2.25 bits per heavy atom. The molecule has 0 bridgehead atoms. The lowest BCUT2D eigenvalue weighted by Crippen LogP contribution is -2.46. The third-order valence-electron chi connectivity index (χ3n) is 5.71. The molecule has 0 radical (unpaired) electrons. The first-order valence-corrected chi connectivity index (χ1v) is 14.0. The van der Waals surface area contributed by atoms with Gasteiger partial charge in [0, 0.05) is 5.56 Å². The fourth-order valence-corrected chi connectivity index (χ4v) is 4.71. The minimum atomic E-state index is -4.01. The quantitative estimate of drug-likeness (QED) is 0.170. The zero-order valence-corrected chi connectivity index (χ0v) is 22.8. The fourth-order valence-electron chi connectivity index (χ4n) is 3.64. The van der Waals surface area contributed by atoms with Crippen LogP contribution in [0.5, 0.6) is 11.5 Å². The number of para-hydroxylation sites is 3. The van der Waals surface area contributed by atoms with Crippen molar-refractivity contribution in [1.29, 1.82) is 0 Å². The summed E-state index contributed by atoms with van der Waals surface area (Å²) >= 11 is 0. The van der Waals surface area contributed by atoms with Gasteiger partial charge in [-0.25, -0.2) is 13.2 Å². The van der Waals surface area contributed by atoms with Crippen LogP contribution in [0.1, 0.15) is 29.6 Å². The van der Waals surface area contributed by atoms with Crippen molar-refractivity contribution in [3.63, 3.8) is 0 Å². The van der Waals surface area contributed by atoms with Crippen molar-refractivity contribution in [2.75, 3.05) is 24.9 Å². The normalized spacial score (nSPS) is 11.7. The van der Waals surface area contributed by atoms with Crippen molar-refractivity contribution in [3.05, 3.63) is 84.4 Å². The zero-order valence-electron chi connectivity index (χ0n) is 22.0. The Balaban J connectivity index is 1.59. The number of amides is 2. The first-order chi connectivity index (χ1) is 19.2. The van der Waals surface area contributed by atoms with Gasteiger partial charge in [0.2, 0.25) is 5.91 Å². The van der Waals surface area contributed by atoms with Crippen molar-refractivity contribution in [2.24, 2.45) is 5.73 Å². The summed E-state index contributed by atoms with van der Waals surface area (Å²) in [5, 5.41) is 4.99. The van der Waals surface area contributed by atoms with Crippen LogP contribution in [0.2, 0.25) is 0 Å². The number of carbonyl (C=O) groups excluding carboxylic acids is 3. The van der Waals surface area contributed by atoms with E-state index in [4.69, 9.17) is 15.2 Å². The van der Waals surface area contributed by atoms with E-state index < -0.39 is 33.8 Å². The molecule has 12 heteroatoms. The van der Waals surface area contributed by atoms with Gasteiger partial charge >= 0.3 is 5.97 Å². The van der Waals surface area contributed by atoms with Gasteiger partial charge in [-0.3, -0.25) is 14.3 Å². The van der Waals surface area contributed by atoms with Gasteiger partial charge in [0.25, 0.3) is 15.9 Å². The molecule has 0 aliphatic carbocycles. The molecule has 212 valence electrons. The van der Waals surface area contributed by atoms with Crippen molar-refractivity contribution >= 4 is 33.5 Å². The average molecular weight is 569 g/mol. The van der Waals surface area contributed by atoms with Crippen LogP contribution in [-0.2, 0) is 24.3 Å². The summed E-state index contributed by atoms with van der Waals surface area (Å²) in [5.74, 6) is -0.884. The third-order valence-corrected chi connectivity index (χ3v) is 7.09. The molecule has 0 aromatic heterocycles. The number of hydrogen-bond donors (Lipinski definition) is 4. The van der Waals surface area contributed by atoms with Gasteiger partial charge < -0.3 is 25.8 Å². The highest BCUT2D eigenvalue weighted by molar-refractivity contribution is 7.92. The maximum absolute atomic E-state index is 13.0. The monoisotopic (exact) mass is 568 g/mol. The van der Waals surface area contributed by atoms with E-state index in [1.165, 1.54) is 31.4 Å². The molecule has 0 aliphatic rings. The van der Waals surface area contributed by atoms with E-state index in [1.54, 1.807) is 48.5 Å². The number of rotatable bonds is 14. The van der Waals surface area contributed by atoms with Crippen LogP contribution in [0.15, 0.2) is 83.8 Å². The first-order valence-electron chi connectivity index (χ1n) is 12.5. The van der Waals surface area contributed by atoms with E-state index in [9.17, 15) is 22.8 Å². The SMILES string of the molecule is COC(=O)[C@H](CCCCN)NC(=O)CNC(=O)c1ccc(S(=O)(=O)Nc2ccccc2Oc2ccccc2)cc1. The van der Waals surface area contributed by atoms with Crippen LogP contribution in [0.25, 0.3) is 0 Å². The summed E-state index contributed by atoms with van der Waals surface area (Å²) in [6.45, 7) is 0.0764. The molecule has 5 N–H and O–H groups in total. The zero-order chi connectivity index (χ0) is 29.0. The van der Waals surface area contributed by atoms with Gasteiger partial charge in [0.05, 0.1) is 24.2 Å². The van der Waals surface area contributed by atoms with E-state index in [-0.39, 0.29) is 22.7 Å². The maximum Gasteiger partial charge on any atom is 0.328 e. The van der Waals surface area contributed by atoms with Crippen LogP contribution >= 0.6 is 0 Å². The van der Waals surface area contributed by atoms with Gasteiger partial charge in [-0.2, -0.15) is 0 Å². The molecule has 2 amide bonds. The summed E-state index contributed by atoms with van der Waals surface area (Å²) in [6, 6.07) is 19.9.